The molecule has 3 heterocycles. The summed E-state index contributed by atoms with van der Waals surface area (Å²) in [6.07, 6.45) is 5.39. The number of hydrogen-bond acceptors (Lipinski definition) is 3. The minimum absolute atomic E-state index is 0.123. The predicted molar refractivity (Wildman–Crippen MR) is 96.0 cm³/mol. The van der Waals surface area contributed by atoms with Crippen LogP contribution in [0.25, 0.3) is 0 Å². The lowest BCUT2D eigenvalue weighted by molar-refractivity contribution is -0.133. The monoisotopic (exact) mass is 332 g/mol. The highest BCUT2D eigenvalue weighted by molar-refractivity contribution is 5.77. The van der Waals surface area contributed by atoms with Gasteiger partial charge >= 0.3 is 0 Å². The molecule has 5 heteroatoms. The van der Waals surface area contributed by atoms with Gasteiger partial charge in [-0.05, 0) is 65.6 Å². The highest BCUT2D eigenvalue weighted by Gasteiger charge is 2.39. The van der Waals surface area contributed by atoms with Crippen LogP contribution in [0.3, 0.4) is 0 Å². The van der Waals surface area contributed by atoms with Crippen LogP contribution in [0.5, 0.6) is 0 Å². The molecule has 2 aliphatic heterocycles. The molecule has 0 unspecified atom stereocenters. The number of amides is 1. The molecule has 1 aromatic heterocycles. The highest BCUT2D eigenvalue weighted by atomic mass is 16.2. The Hall–Kier alpha value is -1.36. The standard InChI is InChI=1S/C19H32N4O/c1-5-21-10-6-8-17(21)18-9-7-11-22(18)19(24)13-16(4)23-15(3)12-14(2)20-23/h12,16-18H,5-11,13H2,1-4H3/t16-,17+,18+/m0/s1. The topological polar surface area (TPSA) is 41.4 Å². The lowest BCUT2D eigenvalue weighted by atomic mass is 10.0. The zero-order chi connectivity index (χ0) is 17.3. The number of nitrogens with zero attached hydrogens (tertiary/aromatic N) is 4. The second kappa shape index (κ2) is 7.26. The molecule has 3 atom stereocenters. The number of aromatic nitrogens is 2. The fourth-order valence-corrected chi connectivity index (χ4v) is 4.73. The third-order valence-electron chi connectivity index (χ3n) is 5.82. The summed E-state index contributed by atoms with van der Waals surface area (Å²) in [4.78, 5) is 17.7. The maximum absolute atomic E-state index is 13.0. The third kappa shape index (κ3) is 3.37. The summed E-state index contributed by atoms with van der Waals surface area (Å²) in [5, 5.41) is 4.55. The van der Waals surface area contributed by atoms with Crippen LogP contribution < -0.4 is 0 Å². The summed E-state index contributed by atoms with van der Waals surface area (Å²) in [6, 6.07) is 3.20. The van der Waals surface area contributed by atoms with Crippen molar-refractivity contribution in [2.45, 2.75) is 77.9 Å². The molecule has 0 bridgehead atoms. The van der Waals surface area contributed by atoms with E-state index in [0.717, 1.165) is 30.9 Å². The summed E-state index contributed by atoms with van der Waals surface area (Å²) in [6.45, 7) is 11.7. The summed E-state index contributed by atoms with van der Waals surface area (Å²) >= 11 is 0. The van der Waals surface area contributed by atoms with Gasteiger partial charge < -0.3 is 4.90 Å². The van der Waals surface area contributed by atoms with Crippen molar-refractivity contribution in [3.8, 4) is 0 Å². The minimum atomic E-state index is 0.123. The number of rotatable bonds is 5. The number of likely N-dealkylation sites (tertiary alicyclic amines) is 2. The Kier molecular flexibility index (Phi) is 5.28. The van der Waals surface area contributed by atoms with E-state index in [-0.39, 0.29) is 6.04 Å². The van der Waals surface area contributed by atoms with Crippen LogP contribution in [0.15, 0.2) is 6.07 Å². The second-order valence-electron chi connectivity index (χ2n) is 7.56. The Balaban J connectivity index is 1.66. The molecule has 0 saturated carbocycles. The molecule has 2 fully saturated rings. The van der Waals surface area contributed by atoms with E-state index in [0.29, 0.717) is 24.4 Å². The van der Waals surface area contributed by atoms with E-state index in [2.05, 4.69) is 41.7 Å². The summed E-state index contributed by atoms with van der Waals surface area (Å²) in [5.74, 6) is 0.306. The number of carbonyl (C=O) groups is 1. The van der Waals surface area contributed by atoms with Gasteiger partial charge in [-0.1, -0.05) is 6.92 Å². The molecular weight excluding hydrogens is 300 g/mol. The Labute approximate surface area is 146 Å². The lowest BCUT2D eigenvalue weighted by Gasteiger charge is -2.35. The molecule has 0 spiro atoms. The van der Waals surface area contributed by atoms with Gasteiger partial charge in [0.15, 0.2) is 0 Å². The van der Waals surface area contributed by atoms with E-state index < -0.39 is 0 Å². The van der Waals surface area contributed by atoms with Crippen molar-refractivity contribution in [2.24, 2.45) is 0 Å². The Morgan fingerprint density at radius 2 is 1.96 bits per heavy atom. The SMILES string of the molecule is CCN1CCC[C@@H]1[C@H]1CCCN1C(=O)C[C@H](C)n1nc(C)cc1C. The van der Waals surface area contributed by atoms with Crippen LogP contribution in [0.4, 0.5) is 0 Å². The molecule has 0 radical (unpaired) electrons. The van der Waals surface area contributed by atoms with Crippen molar-refractivity contribution in [1.82, 2.24) is 19.6 Å². The van der Waals surface area contributed by atoms with Crippen LogP contribution in [0.2, 0.25) is 0 Å². The van der Waals surface area contributed by atoms with E-state index in [1.54, 1.807) is 0 Å². The van der Waals surface area contributed by atoms with Gasteiger partial charge in [0.1, 0.15) is 0 Å². The summed E-state index contributed by atoms with van der Waals surface area (Å²) in [5.41, 5.74) is 2.16. The summed E-state index contributed by atoms with van der Waals surface area (Å²) in [7, 11) is 0. The summed E-state index contributed by atoms with van der Waals surface area (Å²) < 4.78 is 2.01. The zero-order valence-electron chi connectivity index (χ0n) is 15.7. The first-order valence-electron chi connectivity index (χ1n) is 9.57. The van der Waals surface area contributed by atoms with E-state index in [9.17, 15) is 4.79 Å². The molecule has 134 valence electrons. The van der Waals surface area contributed by atoms with Gasteiger partial charge in [0.25, 0.3) is 0 Å². The van der Waals surface area contributed by atoms with E-state index in [4.69, 9.17) is 0 Å². The molecule has 1 aromatic rings. The average molecular weight is 332 g/mol. The molecule has 24 heavy (non-hydrogen) atoms. The fraction of sp³-hybridized carbons (Fsp3) is 0.789. The van der Waals surface area contributed by atoms with Gasteiger partial charge in [-0.15, -0.1) is 0 Å². The molecular formula is C19H32N4O. The Morgan fingerprint density at radius 1 is 1.25 bits per heavy atom. The van der Waals surface area contributed by atoms with Gasteiger partial charge in [-0.2, -0.15) is 5.10 Å². The first-order chi connectivity index (χ1) is 11.5. The van der Waals surface area contributed by atoms with Crippen LogP contribution in [0.1, 0.15) is 63.4 Å². The second-order valence-corrected chi connectivity index (χ2v) is 7.56. The highest BCUT2D eigenvalue weighted by Crippen LogP contribution is 2.31. The molecule has 5 nitrogen and oxygen atoms in total. The number of hydrogen-bond donors (Lipinski definition) is 0. The van der Waals surface area contributed by atoms with Crippen molar-refractivity contribution < 1.29 is 4.79 Å². The van der Waals surface area contributed by atoms with Gasteiger partial charge in [0.05, 0.1) is 11.7 Å². The van der Waals surface area contributed by atoms with E-state index in [1.165, 1.54) is 25.8 Å². The zero-order valence-corrected chi connectivity index (χ0v) is 15.7. The van der Waals surface area contributed by atoms with Gasteiger partial charge in [0.2, 0.25) is 5.91 Å². The van der Waals surface area contributed by atoms with Gasteiger partial charge in [-0.25, -0.2) is 0 Å². The minimum Gasteiger partial charge on any atom is -0.338 e. The van der Waals surface area contributed by atoms with Crippen LogP contribution >= 0.6 is 0 Å². The fourth-order valence-electron chi connectivity index (χ4n) is 4.73. The Bertz CT molecular complexity index is 582. The first-order valence-corrected chi connectivity index (χ1v) is 9.57. The van der Waals surface area contributed by atoms with Crippen LogP contribution in [-0.4, -0.2) is 57.2 Å². The largest absolute Gasteiger partial charge is 0.338 e. The maximum atomic E-state index is 13.0. The Morgan fingerprint density at radius 3 is 2.62 bits per heavy atom. The average Bonchev–Trinajstić information content (AvgIpc) is 3.24. The predicted octanol–water partition coefficient (Wildman–Crippen LogP) is 2.93. The normalized spacial score (nSPS) is 26.2. The van der Waals surface area contributed by atoms with Crippen molar-refractivity contribution in [2.75, 3.05) is 19.6 Å². The van der Waals surface area contributed by atoms with E-state index >= 15 is 0 Å². The van der Waals surface area contributed by atoms with Crippen LogP contribution in [0, 0.1) is 13.8 Å². The number of likely N-dealkylation sites (N-methyl/N-ethyl adjacent to an activating group) is 1. The van der Waals surface area contributed by atoms with Crippen molar-refractivity contribution in [1.29, 1.82) is 0 Å². The van der Waals surface area contributed by atoms with Gasteiger partial charge in [0, 0.05) is 30.7 Å². The van der Waals surface area contributed by atoms with Crippen molar-refractivity contribution in [3.05, 3.63) is 17.5 Å². The molecule has 1 amide bonds. The molecule has 3 rings (SSSR count). The van der Waals surface area contributed by atoms with Crippen molar-refractivity contribution >= 4 is 5.91 Å². The number of aryl methyl sites for hydroxylation is 2. The molecule has 2 aliphatic rings. The van der Waals surface area contributed by atoms with Crippen LogP contribution in [-0.2, 0) is 4.79 Å². The lowest BCUT2D eigenvalue weighted by Crippen LogP contribution is -2.48. The molecule has 2 saturated heterocycles. The van der Waals surface area contributed by atoms with Crippen molar-refractivity contribution in [3.63, 3.8) is 0 Å². The van der Waals surface area contributed by atoms with Gasteiger partial charge in [-0.3, -0.25) is 14.4 Å². The third-order valence-corrected chi connectivity index (χ3v) is 5.82. The smallest absolute Gasteiger partial charge is 0.225 e. The molecule has 0 aromatic carbocycles. The maximum Gasteiger partial charge on any atom is 0.225 e. The number of carbonyl (C=O) groups excluding carboxylic acids is 1. The first kappa shape index (κ1) is 17.5. The quantitative estimate of drug-likeness (QED) is 0.832. The molecule has 0 N–H and O–H groups in total. The molecule has 0 aliphatic carbocycles. The van der Waals surface area contributed by atoms with E-state index in [1.807, 2.05) is 11.6 Å².